The molecule has 0 aromatic heterocycles. The summed E-state index contributed by atoms with van der Waals surface area (Å²) in [6, 6.07) is 7.47. The number of aromatic hydroxyl groups is 1. The number of hydrogen-bond donors (Lipinski definition) is 1. The van der Waals surface area contributed by atoms with Gasteiger partial charge in [0, 0.05) is 32.2 Å². The Morgan fingerprint density at radius 2 is 1.90 bits per heavy atom. The second-order valence-corrected chi connectivity index (χ2v) is 5.40. The number of carbonyl (C=O) groups is 1. The quantitative estimate of drug-likeness (QED) is 0.894. The summed E-state index contributed by atoms with van der Waals surface area (Å²) >= 11 is 0. The predicted molar refractivity (Wildman–Crippen MR) is 74.8 cm³/mol. The maximum atomic E-state index is 12.1. The van der Waals surface area contributed by atoms with E-state index in [0.29, 0.717) is 5.75 Å². The van der Waals surface area contributed by atoms with Crippen LogP contribution < -0.4 is 4.74 Å². The summed E-state index contributed by atoms with van der Waals surface area (Å²) in [4.78, 5) is 16.4. The van der Waals surface area contributed by atoms with Crippen molar-refractivity contribution in [2.24, 2.45) is 0 Å². The van der Waals surface area contributed by atoms with Crippen LogP contribution in [-0.2, 0) is 4.79 Å². The van der Waals surface area contributed by atoms with Crippen molar-refractivity contribution in [1.82, 2.24) is 9.80 Å². The van der Waals surface area contributed by atoms with E-state index in [1.165, 1.54) is 12.8 Å². The lowest BCUT2D eigenvalue weighted by Crippen LogP contribution is -2.50. The molecule has 0 unspecified atom stereocenters. The van der Waals surface area contributed by atoms with E-state index < -0.39 is 0 Å². The Morgan fingerprint density at radius 3 is 2.55 bits per heavy atom. The highest BCUT2D eigenvalue weighted by Gasteiger charge is 2.32. The van der Waals surface area contributed by atoms with Gasteiger partial charge in [-0.25, -0.2) is 0 Å². The molecule has 1 saturated carbocycles. The summed E-state index contributed by atoms with van der Waals surface area (Å²) in [6.45, 7) is 3.47. The van der Waals surface area contributed by atoms with E-state index in [-0.39, 0.29) is 18.3 Å². The van der Waals surface area contributed by atoms with Gasteiger partial charge in [-0.2, -0.15) is 0 Å². The average Bonchev–Trinajstić information content (AvgIpc) is 3.31. The van der Waals surface area contributed by atoms with Crippen molar-refractivity contribution in [1.29, 1.82) is 0 Å². The monoisotopic (exact) mass is 276 g/mol. The largest absolute Gasteiger partial charge is 0.504 e. The second-order valence-electron chi connectivity index (χ2n) is 5.40. The third-order valence-electron chi connectivity index (χ3n) is 3.95. The minimum atomic E-state index is -0.0129. The Labute approximate surface area is 118 Å². The summed E-state index contributed by atoms with van der Waals surface area (Å²) in [5.41, 5.74) is 0. The normalized spacial score (nSPS) is 19.9. The molecule has 20 heavy (non-hydrogen) atoms. The van der Waals surface area contributed by atoms with Crippen LogP contribution in [0.5, 0.6) is 11.5 Å². The Bertz CT molecular complexity index is 480. The third-order valence-corrected chi connectivity index (χ3v) is 3.95. The molecule has 0 spiro atoms. The van der Waals surface area contributed by atoms with E-state index in [9.17, 15) is 9.90 Å². The van der Waals surface area contributed by atoms with Gasteiger partial charge in [0.15, 0.2) is 18.1 Å². The van der Waals surface area contributed by atoms with E-state index in [1.54, 1.807) is 24.3 Å². The first-order chi connectivity index (χ1) is 9.74. The lowest BCUT2D eigenvalue weighted by atomic mass is 10.3. The van der Waals surface area contributed by atoms with E-state index in [4.69, 9.17) is 4.74 Å². The van der Waals surface area contributed by atoms with Crippen LogP contribution in [-0.4, -0.2) is 59.6 Å². The number of amides is 1. The molecule has 2 aliphatic rings. The summed E-state index contributed by atoms with van der Waals surface area (Å²) < 4.78 is 5.38. The van der Waals surface area contributed by atoms with Crippen LogP contribution in [0.15, 0.2) is 24.3 Å². The smallest absolute Gasteiger partial charge is 0.260 e. The van der Waals surface area contributed by atoms with E-state index in [0.717, 1.165) is 32.2 Å². The predicted octanol–water partition coefficient (Wildman–Crippen LogP) is 1.08. The Balaban J connectivity index is 1.46. The number of phenolic OH excluding ortho intramolecular Hbond substituents is 1. The molecular weight excluding hydrogens is 256 g/mol. The molecule has 1 N–H and O–H groups in total. The molecule has 0 bridgehead atoms. The van der Waals surface area contributed by atoms with E-state index in [1.807, 2.05) is 4.90 Å². The zero-order valence-electron chi connectivity index (χ0n) is 11.5. The molecule has 5 heteroatoms. The molecule has 108 valence electrons. The molecular formula is C15H20N2O3. The van der Waals surface area contributed by atoms with Crippen LogP contribution in [0.4, 0.5) is 0 Å². The Hall–Kier alpha value is -1.75. The molecule has 5 nitrogen and oxygen atoms in total. The molecule has 1 amide bonds. The van der Waals surface area contributed by atoms with Crippen LogP contribution in [0.25, 0.3) is 0 Å². The fourth-order valence-electron chi connectivity index (χ4n) is 2.59. The number of rotatable bonds is 4. The van der Waals surface area contributed by atoms with Crippen LogP contribution in [0.2, 0.25) is 0 Å². The second kappa shape index (κ2) is 5.71. The lowest BCUT2D eigenvalue weighted by molar-refractivity contribution is -0.135. The fraction of sp³-hybridized carbons (Fsp3) is 0.533. The number of ether oxygens (including phenoxy) is 1. The van der Waals surface area contributed by atoms with Gasteiger partial charge < -0.3 is 14.7 Å². The molecule has 1 aromatic rings. The summed E-state index contributed by atoms with van der Waals surface area (Å²) in [7, 11) is 0. The molecule has 1 aliphatic heterocycles. The van der Waals surface area contributed by atoms with Crippen molar-refractivity contribution in [2.75, 3.05) is 32.8 Å². The maximum absolute atomic E-state index is 12.1. The van der Waals surface area contributed by atoms with Gasteiger partial charge in [0.1, 0.15) is 0 Å². The zero-order valence-corrected chi connectivity index (χ0v) is 11.5. The van der Waals surface area contributed by atoms with Crippen molar-refractivity contribution in [3.8, 4) is 11.5 Å². The molecule has 1 aliphatic carbocycles. The van der Waals surface area contributed by atoms with Crippen LogP contribution in [0.3, 0.4) is 0 Å². The molecule has 1 aromatic carbocycles. The van der Waals surface area contributed by atoms with Gasteiger partial charge in [-0.15, -0.1) is 0 Å². The minimum absolute atomic E-state index is 0.0105. The lowest BCUT2D eigenvalue weighted by Gasteiger charge is -2.34. The van der Waals surface area contributed by atoms with Gasteiger partial charge in [-0.05, 0) is 25.0 Å². The van der Waals surface area contributed by atoms with Gasteiger partial charge in [-0.1, -0.05) is 12.1 Å². The first-order valence-corrected chi connectivity index (χ1v) is 7.16. The first kappa shape index (κ1) is 13.2. The zero-order chi connectivity index (χ0) is 13.9. The molecule has 2 fully saturated rings. The number of para-hydroxylation sites is 2. The van der Waals surface area contributed by atoms with Gasteiger partial charge in [-0.3, -0.25) is 9.69 Å². The highest BCUT2D eigenvalue weighted by atomic mass is 16.5. The highest BCUT2D eigenvalue weighted by molar-refractivity contribution is 5.78. The number of piperazine rings is 1. The van der Waals surface area contributed by atoms with Gasteiger partial charge in [0.05, 0.1) is 0 Å². The number of nitrogens with zero attached hydrogens (tertiary/aromatic N) is 2. The summed E-state index contributed by atoms with van der Waals surface area (Å²) in [5, 5.41) is 9.58. The van der Waals surface area contributed by atoms with Crippen LogP contribution >= 0.6 is 0 Å². The molecule has 0 atom stereocenters. The maximum Gasteiger partial charge on any atom is 0.260 e. The standard InChI is InChI=1S/C15H20N2O3/c18-13-3-1-2-4-14(13)20-11-15(19)17-9-7-16(8-10-17)12-5-6-12/h1-4,12,18H,5-11H2. The topological polar surface area (TPSA) is 53.0 Å². The molecule has 1 heterocycles. The van der Waals surface area contributed by atoms with Crippen molar-refractivity contribution in [3.63, 3.8) is 0 Å². The third kappa shape index (κ3) is 3.04. The fourth-order valence-corrected chi connectivity index (χ4v) is 2.59. The first-order valence-electron chi connectivity index (χ1n) is 7.16. The van der Waals surface area contributed by atoms with Crippen molar-refractivity contribution in [3.05, 3.63) is 24.3 Å². The van der Waals surface area contributed by atoms with Gasteiger partial charge >= 0.3 is 0 Å². The Morgan fingerprint density at radius 1 is 1.20 bits per heavy atom. The number of phenols is 1. The number of carbonyl (C=O) groups excluding carboxylic acids is 1. The van der Waals surface area contributed by atoms with Crippen molar-refractivity contribution < 1.29 is 14.6 Å². The van der Waals surface area contributed by atoms with Crippen molar-refractivity contribution in [2.45, 2.75) is 18.9 Å². The number of hydrogen-bond acceptors (Lipinski definition) is 4. The molecule has 1 saturated heterocycles. The molecule has 0 radical (unpaired) electrons. The SMILES string of the molecule is O=C(COc1ccccc1O)N1CCN(C2CC2)CC1. The van der Waals surface area contributed by atoms with E-state index in [2.05, 4.69) is 4.90 Å². The molecule has 3 rings (SSSR count). The minimum Gasteiger partial charge on any atom is -0.504 e. The summed E-state index contributed by atoms with van der Waals surface area (Å²) in [6.07, 6.45) is 2.62. The van der Waals surface area contributed by atoms with Crippen molar-refractivity contribution >= 4 is 5.91 Å². The summed E-state index contributed by atoms with van der Waals surface area (Å²) in [5.74, 6) is 0.417. The van der Waals surface area contributed by atoms with Crippen LogP contribution in [0.1, 0.15) is 12.8 Å². The Kier molecular flexibility index (Phi) is 3.78. The van der Waals surface area contributed by atoms with E-state index >= 15 is 0 Å². The van der Waals surface area contributed by atoms with Gasteiger partial charge in [0.2, 0.25) is 0 Å². The van der Waals surface area contributed by atoms with Gasteiger partial charge in [0.25, 0.3) is 5.91 Å². The average molecular weight is 276 g/mol. The highest BCUT2D eigenvalue weighted by Crippen LogP contribution is 2.27. The van der Waals surface area contributed by atoms with Crippen LogP contribution in [0, 0.1) is 0 Å². The number of benzene rings is 1.